The lowest BCUT2D eigenvalue weighted by Crippen LogP contribution is -2.32. The van der Waals surface area contributed by atoms with Gasteiger partial charge >= 0.3 is 0 Å². The first-order valence-electron chi connectivity index (χ1n) is 9.82. The Hall–Kier alpha value is -1.24. The molecule has 1 heteroatoms. The average molecular weight is 308 g/mol. The Morgan fingerprint density at radius 1 is 0.913 bits per heavy atom. The zero-order chi connectivity index (χ0) is 15.7. The first-order valence-corrected chi connectivity index (χ1v) is 9.82. The van der Waals surface area contributed by atoms with E-state index in [0.29, 0.717) is 11.3 Å². The van der Waals surface area contributed by atoms with E-state index in [1.54, 1.807) is 5.57 Å². The topological polar surface area (TPSA) is 14.1 Å². The smallest absolute Gasteiger partial charge is 0.0708 e. The number of para-hydroxylation sites is 1. The molecular formula is C22H30N. The monoisotopic (exact) mass is 308 g/mol. The van der Waals surface area contributed by atoms with Crippen molar-refractivity contribution < 1.29 is 0 Å². The third-order valence-corrected chi connectivity index (χ3v) is 6.62. The normalized spacial score (nSPS) is 27.3. The molecule has 0 bridgehead atoms. The van der Waals surface area contributed by atoms with Gasteiger partial charge in [-0.2, -0.15) is 0 Å². The molecule has 1 aliphatic heterocycles. The standard InChI is InChI=1S/C22H30N/c1-22(15-8-4-2-3-5-9-16-22)19-13-10-12-18-17-11-6-7-14-20(17)23-21(18)19/h6-7,11,14,19H,2-5,8-10,12-13,15-16H2,1H3. The summed E-state index contributed by atoms with van der Waals surface area (Å²) in [4.78, 5) is 0. The Labute approximate surface area is 141 Å². The van der Waals surface area contributed by atoms with Gasteiger partial charge in [-0.05, 0) is 49.2 Å². The summed E-state index contributed by atoms with van der Waals surface area (Å²) >= 11 is 0. The molecule has 2 aliphatic carbocycles. The van der Waals surface area contributed by atoms with Gasteiger partial charge in [0, 0.05) is 17.2 Å². The molecule has 0 N–H and O–H groups in total. The van der Waals surface area contributed by atoms with Gasteiger partial charge in [-0.3, -0.25) is 5.32 Å². The van der Waals surface area contributed by atoms with E-state index in [1.807, 2.05) is 0 Å². The summed E-state index contributed by atoms with van der Waals surface area (Å²) in [5.74, 6) is 0.691. The van der Waals surface area contributed by atoms with Crippen molar-refractivity contribution in [3.63, 3.8) is 0 Å². The molecule has 1 unspecified atom stereocenters. The van der Waals surface area contributed by atoms with Gasteiger partial charge in [0.2, 0.25) is 0 Å². The molecule has 1 atom stereocenters. The van der Waals surface area contributed by atoms with Gasteiger partial charge in [0.15, 0.2) is 0 Å². The maximum Gasteiger partial charge on any atom is 0.0708 e. The van der Waals surface area contributed by atoms with Crippen LogP contribution in [0, 0.1) is 11.3 Å². The molecule has 1 radical (unpaired) electrons. The largest absolute Gasteiger partial charge is 0.252 e. The third-order valence-electron chi connectivity index (χ3n) is 6.62. The molecule has 0 aromatic heterocycles. The van der Waals surface area contributed by atoms with Crippen LogP contribution in [-0.2, 0) is 0 Å². The third kappa shape index (κ3) is 2.84. The maximum atomic E-state index is 5.13. The maximum absolute atomic E-state index is 5.13. The van der Waals surface area contributed by atoms with Gasteiger partial charge in [-0.1, -0.05) is 63.6 Å². The Bertz CT molecular complexity index is 588. The minimum atomic E-state index is 0.469. The van der Waals surface area contributed by atoms with E-state index in [-0.39, 0.29) is 0 Å². The number of allylic oxidation sites excluding steroid dienone is 2. The van der Waals surface area contributed by atoms with E-state index >= 15 is 0 Å². The van der Waals surface area contributed by atoms with E-state index in [1.165, 1.54) is 87.6 Å². The molecule has 1 aromatic rings. The number of fused-ring (bicyclic) bond motifs is 2. The molecule has 0 saturated heterocycles. The van der Waals surface area contributed by atoms with Crippen molar-refractivity contribution in [1.82, 2.24) is 5.32 Å². The highest BCUT2D eigenvalue weighted by Gasteiger charge is 2.41. The van der Waals surface area contributed by atoms with Gasteiger partial charge in [0.25, 0.3) is 0 Å². The summed E-state index contributed by atoms with van der Waals surface area (Å²) in [6.07, 6.45) is 15.4. The Morgan fingerprint density at radius 2 is 1.61 bits per heavy atom. The van der Waals surface area contributed by atoms with E-state index in [9.17, 15) is 0 Å². The van der Waals surface area contributed by atoms with Gasteiger partial charge in [0.1, 0.15) is 0 Å². The fourth-order valence-corrected chi connectivity index (χ4v) is 5.25. The fraction of sp³-hybridized carbons (Fsp3) is 0.636. The van der Waals surface area contributed by atoms with Crippen molar-refractivity contribution in [1.29, 1.82) is 0 Å². The van der Waals surface area contributed by atoms with Gasteiger partial charge < -0.3 is 0 Å². The molecule has 1 aromatic carbocycles. The highest BCUT2D eigenvalue weighted by Crippen LogP contribution is 2.53. The molecule has 1 saturated carbocycles. The second-order valence-electron chi connectivity index (χ2n) is 8.21. The van der Waals surface area contributed by atoms with Crippen LogP contribution in [0.4, 0.5) is 5.69 Å². The molecule has 23 heavy (non-hydrogen) atoms. The predicted octanol–water partition coefficient (Wildman–Crippen LogP) is 6.59. The number of benzene rings is 1. The van der Waals surface area contributed by atoms with E-state index < -0.39 is 0 Å². The molecule has 123 valence electrons. The van der Waals surface area contributed by atoms with Crippen molar-refractivity contribution in [2.45, 2.75) is 77.6 Å². The predicted molar refractivity (Wildman–Crippen MR) is 97.5 cm³/mol. The fourth-order valence-electron chi connectivity index (χ4n) is 5.25. The van der Waals surface area contributed by atoms with E-state index in [0.717, 1.165) is 0 Å². The van der Waals surface area contributed by atoms with E-state index in [2.05, 4.69) is 31.2 Å². The van der Waals surface area contributed by atoms with Crippen LogP contribution in [0.15, 0.2) is 30.0 Å². The van der Waals surface area contributed by atoms with Crippen LogP contribution in [0.3, 0.4) is 0 Å². The quantitative estimate of drug-likeness (QED) is 0.555. The summed E-state index contributed by atoms with van der Waals surface area (Å²) < 4.78 is 0. The number of rotatable bonds is 1. The second kappa shape index (κ2) is 6.34. The van der Waals surface area contributed by atoms with Crippen LogP contribution in [0.5, 0.6) is 0 Å². The SMILES string of the molecule is CC1(C2CCCC3=C2[N]c2ccccc23)CCCCCCCC1. The zero-order valence-corrected chi connectivity index (χ0v) is 14.6. The Kier molecular flexibility index (Phi) is 4.22. The van der Waals surface area contributed by atoms with Crippen molar-refractivity contribution >= 4 is 11.3 Å². The van der Waals surface area contributed by atoms with Crippen LogP contribution in [0.2, 0.25) is 0 Å². The van der Waals surface area contributed by atoms with Gasteiger partial charge in [-0.15, -0.1) is 0 Å². The second-order valence-corrected chi connectivity index (χ2v) is 8.21. The molecule has 1 heterocycles. The highest BCUT2D eigenvalue weighted by atomic mass is 14.9. The van der Waals surface area contributed by atoms with Crippen LogP contribution in [-0.4, -0.2) is 0 Å². The van der Waals surface area contributed by atoms with Gasteiger partial charge in [0.05, 0.1) is 5.69 Å². The molecule has 0 spiro atoms. The Morgan fingerprint density at radius 3 is 2.39 bits per heavy atom. The van der Waals surface area contributed by atoms with Crippen LogP contribution >= 0.6 is 0 Å². The molecular weight excluding hydrogens is 278 g/mol. The van der Waals surface area contributed by atoms with Crippen molar-refractivity contribution in [3.05, 3.63) is 35.5 Å². The lowest BCUT2D eigenvalue weighted by Gasteiger charge is -2.41. The minimum absolute atomic E-state index is 0.469. The molecule has 4 rings (SSSR count). The van der Waals surface area contributed by atoms with Gasteiger partial charge in [-0.25, -0.2) is 0 Å². The van der Waals surface area contributed by atoms with Crippen LogP contribution in [0.1, 0.15) is 83.1 Å². The number of hydrogen-bond donors (Lipinski definition) is 0. The Balaban J connectivity index is 1.64. The van der Waals surface area contributed by atoms with Crippen molar-refractivity contribution in [3.8, 4) is 0 Å². The summed E-state index contributed by atoms with van der Waals surface area (Å²) in [5.41, 5.74) is 6.18. The molecule has 1 nitrogen and oxygen atoms in total. The van der Waals surface area contributed by atoms with E-state index in [4.69, 9.17) is 5.32 Å². The highest BCUT2D eigenvalue weighted by molar-refractivity contribution is 5.82. The lowest BCUT2D eigenvalue weighted by molar-refractivity contribution is 0.154. The number of nitrogens with zero attached hydrogens (tertiary/aromatic N) is 1. The number of hydrogen-bond acceptors (Lipinski definition) is 0. The lowest BCUT2D eigenvalue weighted by atomic mass is 9.65. The van der Waals surface area contributed by atoms with Crippen LogP contribution in [0.25, 0.3) is 5.57 Å². The summed E-state index contributed by atoms with van der Waals surface area (Å²) in [6.45, 7) is 2.58. The van der Waals surface area contributed by atoms with Crippen LogP contribution < -0.4 is 5.32 Å². The first kappa shape index (κ1) is 15.3. The molecule has 1 fully saturated rings. The summed E-state index contributed by atoms with van der Waals surface area (Å²) in [7, 11) is 0. The zero-order valence-electron chi connectivity index (χ0n) is 14.6. The average Bonchev–Trinajstić information content (AvgIpc) is 2.99. The molecule has 0 amide bonds. The summed E-state index contributed by atoms with van der Waals surface area (Å²) in [5, 5.41) is 5.13. The molecule has 3 aliphatic rings. The van der Waals surface area contributed by atoms with Crippen molar-refractivity contribution in [2.75, 3.05) is 0 Å². The van der Waals surface area contributed by atoms with Crippen molar-refractivity contribution in [2.24, 2.45) is 11.3 Å². The first-order chi connectivity index (χ1) is 11.3. The summed E-state index contributed by atoms with van der Waals surface area (Å²) in [6, 6.07) is 8.80. The minimum Gasteiger partial charge on any atom is -0.252 e.